The van der Waals surface area contributed by atoms with Gasteiger partial charge in [0.2, 0.25) is 5.88 Å². The summed E-state index contributed by atoms with van der Waals surface area (Å²) in [6.45, 7) is 6.23. The molecule has 0 bridgehead atoms. The van der Waals surface area contributed by atoms with Gasteiger partial charge in [-0.2, -0.15) is 0 Å². The van der Waals surface area contributed by atoms with Gasteiger partial charge >= 0.3 is 6.03 Å². The number of likely N-dealkylation sites (tertiary alicyclic amines) is 1. The van der Waals surface area contributed by atoms with E-state index < -0.39 is 17.7 Å². The van der Waals surface area contributed by atoms with Crippen molar-refractivity contribution in [2.75, 3.05) is 38.7 Å². The summed E-state index contributed by atoms with van der Waals surface area (Å²) in [6.07, 6.45) is 0. The number of ether oxygens (including phenoxy) is 1. The number of nitrogens with one attached hydrogen (secondary N) is 2. The number of benzene rings is 2. The molecule has 2 heterocycles. The van der Waals surface area contributed by atoms with E-state index in [0.29, 0.717) is 43.4 Å². The Bertz CT molecular complexity index is 1150. The molecule has 2 atom stereocenters. The van der Waals surface area contributed by atoms with E-state index in [4.69, 9.17) is 9.15 Å². The molecule has 3 aromatic rings. The minimum Gasteiger partial charge on any atom is -0.424 e. The highest BCUT2D eigenvalue weighted by Gasteiger charge is 2.35. The number of aromatic nitrogens is 1. The summed E-state index contributed by atoms with van der Waals surface area (Å²) in [7, 11) is 1.62. The maximum Gasteiger partial charge on any atom is 0.321 e. The van der Waals surface area contributed by atoms with Crippen molar-refractivity contribution in [3.8, 4) is 11.3 Å². The van der Waals surface area contributed by atoms with Crippen LogP contribution in [0.15, 0.2) is 52.9 Å². The van der Waals surface area contributed by atoms with Gasteiger partial charge < -0.3 is 14.5 Å². The maximum atomic E-state index is 14.0. The minimum absolute atomic E-state index is 0.0398. The Hall–Kier alpha value is -3.30. The first-order chi connectivity index (χ1) is 16.9. The summed E-state index contributed by atoms with van der Waals surface area (Å²) >= 11 is 0. The van der Waals surface area contributed by atoms with E-state index in [1.807, 2.05) is 44.2 Å². The number of amides is 2. The van der Waals surface area contributed by atoms with E-state index in [9.17, 15) is 13.6 Å². The number of carbonyl (C=O) groups excluding carboxylic acids is 1. The van der Waals surface area contributed by atoms with E-state index in [2.05, 4.69) is 20.5 Å². The Morgan fingerprint density at radius 1 is 1.17 bits per heavy atom. The molecule has 2 N–H and O–H groups in total. The van der Waals surface area contributed by atoms with Gasteiger partial charge in [0.1, 0.15) is 5.69 Å². The van der Waals surface area contributed by atoms with Crippen LogP contribution in [-0.2, 0) is 4.74 Å². The van der Waals surface area contributed by atoms with Crippen molar-refractivity contribution in [3.05, 3.63) is 71.6 Å². The van der Waals surface area contributed by atoms with Gasteiger partial charge in [-0.15, -0.1) is 0 Å². The summed E-state index contributed by atoms with van der Waals surface area (Å²) in [5.74, 6) is -1.21. The number of nitrogens with zero attached hydrogens (tertiary/aromatic N) is 2. The fourth-order valence-corrected chi connectivity index (χ4v) is 4.28. The first-order valence-corrected chi connectivity index (χ1v) is 11.7. The third kappa shape index (κ3) is 5.86. The molecule has 2 aromatic carbocycles. The van der Waals surface area contributed by atoms with Crippen LogP contribution in [0.3, 0.4) is 0 Å². The Morgan fingerprint density at radius 2 is 1.94 bits per heavy atom. The van der Waals surface area contributed by atoms with Gasteiger partial charge in [0.25, 0.3) is 0 Å². The fraction of sp³-hybridized carbons (Fsp3) is 0.385. The van der Waals surface area contributed by atoms with Crippen molar-refractivity contribution in [1.82, 2.24) is 15.2 Å². The maximum absolute atomic E-state index is 14.0. The number of hydrogen-bond acceptors (Lipinski definition) is 5. The van der Waals surface area contributed by atoms with Crippen LogP contribution in [0.5, 0.6) is 0 Å². The molecule has 0 saturated carbocycles. The zero-order valence-corrected chi connectivity index (χ0v) is 20.1. The number of carbonyl (C=O) groups is 1. The zero-order chi connectivity index (χ0) is 24.9. The number of rotatable bonds is 8. The summed E-state index contributed by atoms with van der Waals surface area (Å²) in [5.41, 5.74) is 2.00. The van der Waals surface area contributed by atoms with Gasteiger partial charge in [-0.25, -0.2) is 18.6 Å². The predicted molar refractivity (Wildman–Crippen MR) is 129 cm³/mol. The van der Waals surface area contributed by atoms with Crippen LogP contribution in [-0.4, -0.2) is 55.3 Å². The summed E-state index contributed by atoms with van der Waals surface area (Å²) < 4.78 is 38.5. The SMILES string of the molecule is COCCN1C[C@@H](NC(=O)Nc2oc(C(C)C)nc2-c2ccccc2)[C@H](c2ccc(F)c(F)c2)C1. The number of urea groups is 1. The van der Waals surface area contributed by atoms with Gasteiger partial charge in [-0.05, 0) is 17.7 Å². The Labute approximate surface area is 203 Å². The van der Waals surface area contributed by atoms with Crippen LogP contribution in [0.1, 0.15) is 37.1 Å². The van der Waals surface area contributed by atoms with E-state index in [1.54, 1.807) is 13.2 Å². The van der Waals surface area contributed by atoms with Crippen LogP contribution >= 0.6 is 0 Å². The van der Waals surface area contributed by atoms with Crippen LogP contribution in [0, 0.1) is 11.6 Å². The van der Waals surface area contributed by atoms with Crippen molar-refractivity contribution in [1.29, 1.82) is 0 Å². The topological polar surface area (TPSA) is 79.6 Å². The molecule has 186 valence electrons. The second-order valence-electron chi connectivity index (χ2n) is 8.99. The van der Waals surface area contributed by atoms with Gasteiger partial charge in [0, 0.05) is 44.1 Å². The van der Waals surface area contributed by atoms with Crippen LogP contribution in [0.2, 0.25) is 0 Å². The molecule has 1 aromatic heterocycles. The van der Waals surface area contributed by atoms with Crippen LogP contribution < -0.4 is 10.6 Å². The highest BCUT2D eigenvalue weighted by molar-refractivity contribution is 5.91. The lowest BCUT2D eigenvalue weighted by molar-refractivity contribution is 0.159. The average molecular weight is 485 g/mol. The molecule has 1 fully saturated rings. The molecule has 0 aliphatic carbocycles. The lowest BCUT2D eigenvalue weighted by Crippen LogP contribution is -2.42. The first kappa shape index (κ1) is 24.8. The van der Waals surface area contributed by atoms with Gasteiger partial charge in [-0.1, -0.05) is 50.2 Å². The van der Waals surface area contributed by atoms with Gasteiger partial charge in [0.15, 0.2) is 17.5 Å². The van der Waals surface area contributed by atoms with Gasteiger partial charge in [0.05, 0.1) is 12.6 Å². The molecule has 1 saturated heterocycles. The summed E-state index contributed by atoms with van der Waals surface area (Å²) in [4.78, 5) is 19.8. The summed E-state index contributed by atoms with van der Waals surface area (Å²) in [6, 6.07) is 12.6. The van der Waals surface area contributed by atoms with E-state index in [1.165, 1.54) is 6.07 Å². The number of methoxy groups -OCH3 is 1. The number of halogens is 2. The molecular formula is C26H30F2N4O3. The second-order valence-corrected chi connectivity index (χ2v) is 8.99. The molecule has 0 unspecified atom stereocenters. The molecule has 0 radical (unpaired) electrons. The third-order valence-electron chi connectivity index (χ3n) is 6.11. The quantitative estimate of drug-likeness (QED) is 0.472. The molecule has 0 spiro atoms. The summed E-state index contributed by atoms with van der Waals surface area (Å²) in [5, 5.41) is 5.80. The fourth-order valence-electron chi connectivity index (χ4n) is 4.28. The smallest absolute Gasteiger partial charge is 0.321 e. The number of anilines is 1. The highest BCUT2D eigenvalue weighted by Crippen LogP contribution is 2.32. The van der Waals surface area contributed by atoms with Crippen molar-refractivity contribution < 1.29 is 22.7 Å². The highest BCUT2D eigenvalue weighted by atomic mass is 19.2. The third-order valence-corrected chi connectivity index (χ3v) is 6.11. The second kappa shape index (κ2) is 11.0. The zero-order valence-electron chi connectivity index (χ0n) is 20.1. The molecule has 2 amide bonds. The van der Waals surface area contributed by atoms with Crippen LogP contribution in [0.4, 0.5) is 19.5 Å². The molecule has 1 aliphatic heterocycles. The monoisotopic (exact) mass is 484 g/mol. The standard InChI is InChI=1S/C26H30F2N4O3/c1-16(2)24-30-23(17-7-5-4-6-8-17)25(35-24)31-26(33)29-22-15-32(11-12-34-3)14-19(22)18-9-10-20(27)21(28)13-18/h4-10,13,16,19,22H,11-12,14-15H2,1-3H3,(H2,29,31,33)/t19-,22+/m0/s1. The van der Waals surface area contributed by atoms with Crippen LogP contribution in [0.25, 0.3) is 11.3 Å². The Morgan fingerprint density at radius 3 is 2.63 bits per heavy atom. The number of oxazole rings is 1. The normalized spacial score (nSPS) is 18.2. The molecule has 7 nitrogen and oxygen atoms in total. The largest absolute Gasteiger partial charge is 0.424 e. The molecule has 9 heteroatoms. The minimum atomic E-state index is -0.906. The predicted octanol–water partition coefficient (Wildman–Crippen LogP) is 4.98. The van der Waals surface area contributed by atoms with Gasteiger partial charge in [-0.3, -0.25) is 10.2 Å². The lowest BCUT2D eigenvalue weighted by Gasteiger charge is -2.20. The lowest BCUT2D eigenvalue weighted by atomic mass is 9.94. The molecular weight excluding hydrogens is 454 g/mol. The van der Waals surface area contributed by atoms with Crippen molar-refractivity contribution >= 4 is 11.9 Å². The Balaban J connectivity index is 1.54. The van der Waals surface area contributed by atoms with E-state index in [-0.39, 0.29) is 23.8 Å². The van der Waals surface area contributed by atoms with Crippen molar-refractivity contribution in [2.24, 2.45) is 0 Å². The molecule has 35 heavy (non-hydrogen) atoms. The number of hydrogen-bond donors (Lipinski definition) is 2. The van der Waals surface area contributed by atoms with E-state index >= 15 is 0 Å². The van der Waals surface area contributed by atoms with Crippen molar-refractivity contribution in [2.45, 2.75) is 31.7 Å². The molecule has 1 aliphatic rings. The van der Waals surface area contributed by atoms with Crippen molar-refractivity contribution in [3.63, 3.8) is 0 Å². The van der Waals surface area contributed by atoms with E-state index in [0.717, 1.165) is 11.6 Å². The molecule has 4 rings (SSSR count). The average Bonchev–Trinajstić information content (AvgIpc) is 3.44. The Kier molecular flexibility index (Phi) is 7.77. The first-order valence-electron chi connectivity index (χ1n) is 11.7.